The predicted molar refractivity (Wildman–Crippen MR) is 183 cm³/mol. The number of nitrogens with zero attached hydrogens (tertiary/aromatic N) is 2. The highest BCUT2D eigenvalue weighted by atomic mass is 35.5. The second kappa shape index (κ2) is 15.3. The molecule has 1 atom stereocenters. The smallest absolute Gasteiger partial charge is 0.264 e. The maximum absolute atomic E-state index is 14.6. The van der Waals surface area contributed by atoms with Crippen molar-refractivity contribution >= 4 is 39.1 Å². The molecular weight excluding hydrogens is 622 g/mol. The minimum atomic E-state index is -4.30. The summed E-state index contributed by atoms with van der Waals surface area (Å²) in [6.07, 6.45) is 0.224. The first-order chi connectivity index (χ1) is 21.9. The highest BCUT2D eigenvalue weighted by Crippen LogP contribution is 2.35. The van der Waals surface area contributed by atoms with E-state index in [9.17, 15) is 18.0 Å². The van der Waals surface area contributed by atoms with Crippen molar-refractivity contribution in [1.29, 1.82) is 0 Å². The van der Waals surface area contributed by atoms with Gasteiger partial charge in [-0.25, -0.2) is 8.42 Å². The number of anilines is 1. The topological polar surface area (TPSA) is 96.0 Å². The Bertz CT molecular complexity index is 1750. The van der Waals surface area contributed by atoms with Crippen LogP contribution in [0.2, 0.25) is 5.02 Å². The molecule has 242 valence electrons. The first-order valence-electron chi connectivity index (χ1n) is 15.0. The number of sulfonamides is 1. The van der Waals surface area contributed by atoms with Crippen LogP contribution < -0.4 is 14.4 Å². The number of carbonyl (C=O) groups is 2. The molecule has 0 bridgehead atoms. The second-order valence-electron chi connectivity index (χ2n) is 11.5. The van der Waals surface area contributed by atoms with Gasteiger partial charge in [0.1, 0.15) is 18.3 Å². The van der Waals surface area contributed by atoms with Gasteiger partial charge in [-0.2, -0.15) is 0 Å². The highest BCUT2D eigenvalue weighted by Gasteiger charge is 2.35. The summed E-state index contributed by atoms with van der Waals surface area (Å²) in [5.74, 6) is -0.693. The number of nitrogens with one attached hydrogen (secondary N) is 1. The molecule has 0 fully saturated rings. The Kier molecular flexibility index (Phi) is 11.5. The van der Waals surface area contributed by atoms with Gasteiger partial charge >= 0.3 is 0 Å². The van der Waals surface area contributed by atoms with Gasteiger partial charge in [-0.3, -0.25) is 13.9 Å². The zero-order valence-electron chi connectivity index (χ0n) is 26.7. The quantitative estimate of drug-likeness (QED) is 0.181. The molecule has 4 aromatic carbocycles. The maximum Gasteiger partial charge on any atom is 0.264 e. The lowest BCUT2D eigenvalue weighted by atomic mass is 10.0. The summed E-state index contributed by atoms with van der Waals surface area (Å²) >= 11 is 6.36. The number of amides is 2. The molecule has 8 nitrogen and oxygen atoms in total. The fourth-order valence-corrected chi connectivity index (χ4v) is 6.62. The summed E-state index contributed by atoms with van der Waals surface area (Å²) in [6, 6.07) is 26.9. The Balaban J connectivity index is 1.85. The normalized spacial score (nSPS) is 12.0. The SMILES string of the molecule is COc1ccc(Cl)cc1N(CC(=O)N(Cc1ccc(C)cc1)C(Cc1ccccc1)C(=O)NC(C)C)S(=O)(=O)c1ccc(C)cc1. The van der Waals surface area contributed by atoms with Gasteiger partial charge in [-0.15, -0.1) is 0 Å². The molecule has 46 heavy (non-hydrogen) atoms. The zero-order valence-corrected chi connectivity index (χ0v) is 28.3. The van der Waals surface area contributed by atoms with E-state index in [0.717, 1.165) is 26.6 Å². The van der Waals surface area contributed by atoms with E-state index >= 15 is 0 Å². The Hall–Kier alpha value is -4.34. The van der Waals surface area contributed by atoms with E-state index < -0.39 is 28.5 Å². The minimum absolute atomic E-state index is 0.00333. The van der Waals surface area contributed by atoms with Crippen molar-refractivity contribution in [3.63, 3.8) is 0 Å². The Morgan fingerprint density at radius 1 is 0.848 bits per heavy atom. The van der Waals surface area contributed by atoms with E-state index in [0.29, 0.717) is 0 Å². The minimum Gasteiger partial charge on any atom is -0.495 e. The van der Waals surface area contributed by atoms with E-state index in [1.54, 1.807) is 24.3 Å². The van der Waals surface area contributed by atoms with Gasteiger partial charge in [0.25, 0.3) is 10.0 Å². The van der Waals surface area contributed by atoms with E-state index in [2.05, 4.69) is 5.32 Å². The van der Waals surface area contributed by atoms with Crippen LogP contribution >= 0.6 is 11.6 Å². The van der Waals surface area contributed by atoms with E-state index in [1.165, 1.54) is 30.2 Å². The van der Waals surface area contributed by atoms with Crippen LogP contribution in [0.4, 0.5) is 5.69 Å². The Morgan fingerprint density at radius 2 is 1.46 bits per heavy atom. The van der Waals surface area contributed by atoms with Crippen LogP contribution in [0.5, 0.6) is 5.75 Å². The van der Waals surface area contributed by atoms with Crippen LogP contribution in [0.3, 0.4) is 0 Å². The summed E-state index contributed by atoms with van der Waals surface area (Å²) in [5, 5.41) is 3.23. The van der Waals surface area contributed by atoms with Crippen molar-refractivity contribution in [1.82, 2.24) is 10.2 Å². The molecule has 0 aromatic heterocycles. The number of hydrogen-bond acceptors (Lipinski definition) is 5. The van der Waals surface area contributed by atoms with Crippen molar-refractivity contribution in [2.24, 2.45) is 0 Å². The summed E-state index contributed by atoms with van der Waals surface area (Å²) in [5.41, 5.74) is 3.68. The Morgan fingerprint density at radius 3 is 2.04 bits per heavy atom. The van der Waals surface area contributed by atoms with Crippen molar-refractivity contribution < 1.29 is 22.7 Å². The lowest BCUT2D eigenvalue weighted by Crippen LogP contribution is -2.54. The fourth-order valence-electron chi connectivity index (χ4n) is 5.03. The third kappa shape index (κ3) is 8.68. The average Bonchev–Trinajstić information content (AvgIpc) is 3.02. The molecule has 0 heterocycles. The number of halogens is 1. The van der Waals surface area contributed by atoms with Crippen molar-refractivity contribution in [3.8, 4) is 5.75 Å². The second-order valence-corrected chi connectivity index (χ2v) is 13.8. The molecule has 0 spiro atoms. The van der Waals surface area contributed by atoms with Gasteiger partial charge in [-0.1, -0.05) is 89.5 Å². The third-order valence-electron chi connectivity index (χ3n) is 7.47. The molecule has 1 N–H and O–H groups in total. The molecule has 0 aliphatic rings. The molecule has 4 aromatic rings. The monoisotopic (exact) mass is 661 g/mol. The van der Waals surface area contributed by atoms with Gasteiger partial charge in [0.2, 0.25) is 11.8 Å². The van der Waals surface area contributed by atoms with Gasteiger partial charge in [0.05, 0.1) is 17.7 Å². The number of ether oxygens (including phenoxy) is 1. The molecule has 0 saturated heterocycles. The number of benzene rings is 4. The third-order valence-corrected chi connectivity index (χ3v) is 9.48. The van der Waals surface area contributed by atoms with Gasteiger partial charge in [-0.05, 0) is 69.2 Å². The fraction of sp³-hybridized carbons (Fsp3) is 0.278. The largest absolute Gasteiger partial charge is 0.495 e. The van der Waals surface area contributed by atoms with Crippen molar-refractivity contribution in [3.05, 3.63) is 124 Å². The lowest BCUT2D eigenvalue weighted by molar-refractivity contribution is -0.140. The first-order valence-corrected chi connectivity index (χ1v) is 16.8. The van der Waals surface area contributed by atoms with Crippen LogP contribution in [-0.2, 0) is 32.6 Å². The van der Waals surface area contributed by atoms with Crippen LogP contribution in [-0.4, -0.2) is 50.9 Å². The predicted octanol–water partition coefficient (Wildman–Crippen LogP) is 6.33. The molecule has 4 rings (SSSR count). The lowest BCUT2D eigenvalue weighted by Gasteiger charge is -2.34. The highest BCUT2D eigenvalue weighted by molar-refractivity contribution is 7.92. The summed E-state index contributed by atoms with van der Waals surface area (Å²) in [7, 11) is -2.89. The number of methoxy groups -OCH3 is 1. The van der Waals surface area contributed by atoms with Gasteiger partial charge < -0.3 is 15.0 Å². The number of carbonyl (C=O) groups excluding carboxylic acids is 2. The van der Waals surface area contributed by atoms with Crippen molar-refractivity contribution in [2.75, 3.05) is 18.0 Å². The number of hydrogen-bond donors (Lipinski definition) is 1. The molecule has 0 aliphatic carbocycles. The van der Waals surface area contributed by atoms with Crippen LogP contribution in [0.1, 0.15) is 36.1 Å². The molecule has 10 heteroatoms. The summed E-state index contributed by atoms with van der Waals surface area (Å²) in [4.78, 5) is 29.9. The average molecular weight is 662 g/mol. The molecule has 0 radical (unpaired) electrons. The molecule has 0 saturated carbocycles. The van der Waals surface area contributed by atoms with Gasteiger partial charge in [0, 0.05) is 24.0 Å². The van der Waals surface area contributed by atoms with E-state index in [-0.39, 0.29) is 46.3 Å². The maximum atomic E-state index is 14.6. The summed E-state index contributed by atoms with van der Waals surface area (Å²) < 4.78 is 35.1. The standard InChI is InChI=1S/C36H40ClN3O5S/c1-25(2)38-36(42)33(21-28-9-7-6-8-10-28)39(23-29-15-11-26(3)12-16-29)35(41)24-40(32-22-30(37)17-20-34(32)45-5)46(43,44)31-18-13-27(4)14-19-31/h6-20,22,25,33H,21,23-24H2,1-5H3,(H,38,42). The van der Waals surface area contributed by atoms with Crippen LogP contribution in [0, 0.1) is 13.8 Å². The van der Waals surface area contributed by atoms with E-state index in [4.69, 9.17) is 16.3 Å². The first kappa shape index (κ1) is 34.5. The molecular formula is C36H40ClN3O5S. The molecule has 1 unspecified atom stereocenters. The van der Waals surface area contributed by atoms with Crippen molar-refractivity contribution in [2.45, 2.75) is 57.6 Å². The van der Waals surface area contributed by atoms with Crippen LogP contribution in [0.15, 0.2) is 102 Å². The van der Waals surface area contributed by atoms with Crippen LogP contribution in [0.25, 0.3) is 0 Å². The number of aryl methyl sites for hydroxylation is 2. The molecule has 0 aliphatic heterocycles. The molecule has 2 amide bonds. The van der Waals surface area contributed by atoms with E-state index in [1.807, 2.05) is 82.3 Å². The Labute approximate surface area is 277 Å². The summed E-state index contributed by atoms with van der Waals surface area (Å²) in [6.45, 7) is 6.99. The van der Waals surface area contributed by atoms with Gasteiger partial charge in [0.15, 0.2) is 0 Å². The zero-order chi connectivity index (χ0) is 33.4. The number of rotatable bonds is 13.